The van der Waals surface area contributed by atoms with Gasteiger partial charge in [-0.15, -0.1) is 11.3 Å². The van der Waals surface area contributed by atoms with Gasteiger partial charge in [0.15, 0.2) is 11.1 Å². The van der Waals surface area contributed by atoms with Crippen LogP contribution in [-0.4, -0.2) is 9.91 Å². The second-order valence-corrected chi connectivity index (χ2v) is 3.90. The summed E-state index contributed by atoms with van der Waals surface area (Å²) < 4.78 is 0.856. The lowest BCUT2D eigenvalue weighted by atomic mass is 10.3. The molecule has 1 atom stereocenters. The quantitative estimate of drug-likeness (QED) is 0.572. The summed E-state index contributed by atoms with van der Waals surface area (Å²) in [6.45, 7) is 0. The third kappa shape index (κ3) is 1.65. The van der Waals surface area contributed by atoms with Crippen molar-refractivity contribution >= 4 is 21.6 Å². The molecule has 0 fully saturated rings. The van der Waals surface area contributed by atoms with Gasteiger partial charge in [0.2, 0.25) is 0 Å². The van der Waals surface area contributed by atoms with E-state index in [9.17, 15) is 10.1 Å². The van der Waals surface area contributed by atoms with Gasteiger partial charge in [-0.1, -0.05) is 12.1 Å². The molecule has 1 unspecified atom stereocenters. The van der Waals surface area contributed by atoms with Crippen molar-refractivity contribution in [2.45, 2.75) is 6.04 Å². The fourth-order valence-electron chi connectivity index (χ4n) is 1.20. The van der Waals surface area contributed by atoms with E-state index in [1.54, 1.807) is 18.2 Å². The first-order chi connectivity index (χ1) is 7.22. The number of rotatable bonds is 2. The first-order valence-corrected chi connectivity index (χ1v) is 4.92. The van der Waals surface area contributed by atoms with Crippen molar-refractivity contribution < 1.29 is 4.92 Å². The summed E-state index contributed by atoms with van der Waals surface area (Å²) in [5, 5.41) is 19.4. The zero-order valence-corrected chi connectivity index (χ0v) is 8.27. The third-order valence-electron chi connectivity index (χ3n) is 1.88. The summed E-state index contributed by atoms with van der Waals surface area (Å²) in [4.78, 5) is 14.0. The molecular weight excluding hydrogens is 214 g/mol. The summed E-state index contributed by atoms with van der Waals surface area (Å²) in [6.07, 6.45) is 0. The predicted octanol–water partition coefficient (Wildman–Crippen LogP) is 2.14. The van der Waals surface area contributed by atoms with Crippen molar-refractivity contribution in [3.8, 4) is 6.07 Å². The number of para-hydroxylation sites is 1. The van der Waals surface area contributed by atoms with E-state index in [0.717, 1.165) is 4.70 Å². The van der Waals surface area contributed by atoms with Crippen LogP contribution in [0, 0.1) is 21.4 Å². The van der Waals surface area contributed by atoms with Crippen LogP contribution >= 0.6 is 11.3 Å². The number of aromatic nitrogens is 1. The van der Waals surface area contributed by atoms with Gasteiger partial charge in [0.1, 0.15) is 0 Å². The summed E-state index contributed by atoms with van der Waals surface area (Å²) in [5.74, 6) is 0. The smallest absolute Gasteiger partial charge is 0.263 e. The van der Waals surface area contributed by atoms with Crippen LogP contribution in [0.5, 0.6) is 0 Å². The number of nitro groups is 1. The molecule has 0 saturated carbocycles. The number of hydrogen-bond acceptors (Lipinski definition) is 5. The molecule has 6 heteroatoms. The fourth-order valence-corrected chi connectivity index (χ4v) is 2.18. The Morgan fingerprint density at radius 3 is 2.87 bits per heavy atom. The molecular formula is C9H5N3O2S. The van der Waals surface area contributed by atoms with Crippen molar-refractivity contribution in [3.05, 3.63) is 39.4 Å². The average molecular weight is 219 g/mol. The minimum Gasteiger partial charge on any atom is -0.263 e. The topological polar surface area (TPSA) is 79.8 Å². The van der Waals surface area contributed by atoms with Crippen LogP contribution in [0.2, 0.25) is 0 Å². The summed E-state index contributed by atoms with van der Waals surface area (Å²) >= 11 is 1.18. The van der Waals surface area contributed by atoms with Crippen LogP contribution in [0.15, 0.2) is 24.3 Å². The number of benzene rings is 1. The first kappa shape index (κ1) is 9.55. The minimum absolute atomic E-state index is 0.240. The minimum atomic E-state index is -1.36. The van der Waals surface area contributed by atoms with Gasteiger partial charge < -0.3 is 0 Å². The second kappa shape index (κ2) is 3.63. The normalized spacial score (nSPS) is 12.2. The van der Waals surface area contributed by atoms with Gasteiger partial charge in [0.25, 0.3) is 0 Å². The highest BCUT2D eigenvalue weighted by Crippen LogP contribution is 2.27. The lowest BCUT2D eigenvalue weighted by Gasteiger charge is -1.93. The Morgan fingerprint density at radius 2 is 2.27 bits per heavy atom. The molecule has 0 amide bonds. The van der Waals surface area contributed by atoms with Gasteiger partial charge in [-0.05, 0) is 12.1 Å². The first-order valence-electron chi connectivity index (χ1n) is 4.11. The highest BCUT2D eigenvalue weighted by atomic mass is 32.1. The summed E-state index contributed by atoms with van der Waals surface area (Å²) in [6, 6.07) is 7.50. The van der Waals surface area contributed by atoms with Crippen LogP contribution in [0.4, 0.5) is 0 Å². The maximum Gasteiger partial charge on any atom is 0.347 e. The molecule has 1 aromatic heterocycles. The third-order valence-corrected chi connectivity index (χ3v) is 2.97. The lowest BCUT2D eigenvalue weighted by Crippen LogP contribution is -2.07. The van der Waals surface area contributed by atoms with Crippen molar-refractivity contribution in [2.24, 2.45) is 0 Å². The van der Waals surface area contributed by atoms with E-state index < -0.39 is 11.0 Å². The molecule has 0 aliphatic rings. The van der Waals surface area contributed by atoms with Gasteiger partial charge >= 0.3 is 6.04 Å². The molecule has 2 rings (SSSR count). The van der Waals surface area contributed by atoms with Crippen molar-refractivity contribution in [2.75, 3.05) is 0 Å². The van der Waals surface area contributed by atoms with Crippen molar-refractivity contribution in [1.29, 1.82) is 5.26 Å². The van der Waals surface area contributed by atoms with Crippen LogP contribution in [-0.2, 0) is 0 Å². The molecule has 0 bridgehead atoms. The molecule has 0 spiro atoms. The Bertz CT molecular complexity index is 525. The van der Waals surface area contributed by atoms with Gasteiger partial charge in [0.05, 0.1) is 10.2 Å². The number of nitrogens with zero attached hydrogens (tertiary/aromatic N) is 3. The fraction of sp³-hybridized carbons (Fsp3) is 0.111. The van der Waals surface area contributed by atoms with Crippen molar-refractivity contribution in [1.82, 2.24) is 4.98 Å². The van der Waals surface area contributed by atoms with Gasteiger partial charge in [-0.3, -0.25) is 10.1 Å². The van der Waals surface area contributed by atoms with Crippen LogP contribution in [0.25, 0.3) is 10.2 Å². The largest absolute Gasteiger partial charge is 0.347 e. The van der Waals surface area contributed by atoms with E-state index in [2.05, 4.69) is 4.98 Å². The molecule has 0 aliphatic heterocycles. The highest BCUT2D eigenvalue weighted by molar-refractivity contribution is 7.18. The van der Waals surface area contributed by atoms with E-state index >= 15 is 0 Å². The number of nitriles is 1. The van der Waals surface area contributed by atoms with E-state index in [1.807, 2.05) is 12.1 Å². The average Bonchev–Trinajstić information content (AvgIpc) is 2.61. The Labute approximate surface area is 88.7 Å². The number of hydrogen-bond donors (Lipinski definition) is 0. The zero-order chi connectivity index (χ0) is 10.8. The Kier molecular flexibility index (Phi) is 2.31. The number of fused-ring (bicyclic) bond motifs is 1. The van der Waals surface area contributed by atoms with Crippen LogP contribution < -0.4 is 0 Å². The molecule has 1 heterocycles. The molecule has 0 N–H and O–H groups in total. The standard InChI is InChI=1S/C9H5N3O2S/c10-5-7(12(13)14)9-11-6-3-1-2-4-8(6)15-9/h1-4,7H. The maximum absolute atomic E-state index is 10.6. The molecule has 74 valence electrons. The summed E-state index contributed by atoms with van der Waals surface area (Å²) in [5.41, 5.74) is 0.694. The van der Waals surface area contributed by atoms with E-state index in [4.69, 9.17) is 5.26 Å². The summed E-state index contributed by atoms with van der Waals surface area (Å²) in [7, 11) is 0. The molecule has 0 radical (unpaired) electrons. The second-order valence-electron chi connectivity index (χ2n) is 2.84. The molecule has 15 heavy (non-hydrogen) atoms. The van der Waals surface area contributed by atoms with E-state index in [1.165, 1.54) is 11.3 Å². The molecule has 0 saturated heterocycles. The molecule has 1 aromatic carbocycles. The monoisotopic (exact) mass is 219 g/mol. The van der Waals surface area contributed by atoms with Gasteiger partial charge in [-0.25, -0.2) is 4.98 Å². The van der Waals surface area contributed by atoms with Gasteiger partial charge in [0, 0.05) is 4.92 Å². The Balaban J connectivity index is 2.53. The maximum atomic E-state index is 10.6. The van der Waals surface area contributed by atoms with Crippen LogP contribution in [0.3, 0.4) is 0 Å². The molecule has 0 aliphatic carbocycles. The molecule has 5 nitrogen and oxygen atoms in total. The zero-order valence-electron chi connectivity index (χ0n) is 7.45. The Hall–Kier alpha value is -2.00. The van der Waals surface area contributed by atoms with Gasteiger partial charge in [-0.2, -0.15) is 5.26 Å². The van der Waals surface area contributed by atoms with E-state index in [-0.39, 0.29) is 5.01 Å². The predicted molar refractivity (Wildman–Crippen MR) is 55.0 cm³/mol. The van der Waals surface area contributed by atoms with Crippen molar-refractivity contribution in [3.63, 3.8) is 0 Å². The lowest BCUT2D eigenvalue weighted by molar-refractivity contribution is -0.512. The Morgan fingerprint density at radius 1 is 1.53 bits per heavy atom. The van der Waals surface area contributed by atoms with Crippen LogP contribution in [0.1, 0.15) is 11.0 Å². The highest BCUT2D eigenvalue weighted by Gasteiger charge is 2.25. The SMILES string of the molecule is N#CC(c1nc2ccccc2s1)[N+](=O)[O-]. The molecule has 2 aromatic rings. The van der Waals surface area contributed by atoms with E-state index in [0.29, 0.717) is 5.52 Å². The number of thiazole rings is 1.